The summed E-state index contributed by atoms with van der Waals surface area (Å²) in [5, 5.41) is 4.45. The monoisotopic (exact) mass is 337 g/mol. The second kappa shape index (κ2) is 6.31. The highest BCUT2D eigenvalue weighted by molar-refractivity contribution is 9.10. The minimum absolute atomic E-state index is 0.444. The molecule has 0 radical (unpaired) electrons. The molecule has 2 rings (SSSR count). The summed E-state index contributed by atoms with van der Waals surface area (Å²) in [5.41, 5.74) is 9.96. The lowest BCUT2D eigenvalue weighted by molar-refractivity contribution is 0.295. The molecule has 0 saturated heterocycles. The van der Waals surface area contributed by atoms with E-state index in [1.165, 1.54) is 5.56 Å². The Hall–Kier alpha value is -1.49. The Morgan fingerprint density at radius 2 is 2.05 bits per heavy atom. The first kappa shape index (κ1) is 14.9. The Morgan fingerprint density at radius 1 is 1.30 bits per heavy atom. The number of nitrogen functional groups attached to an aromatic ring is 1. The van der Waals surface area contributed by atoms with Gasteiger partial charge in [0.05, 0.1) is 21.5 Å². The Bertz CT molecular complexity index is 607. The molecule has 0 unspecified atom stereocenters. The quantitative estimate of drug-likeness (QED) is 0.850. The van der Waals surface area contributed by atoms with Crippen LogP contribution in [0.15, 0.2) is 22.7 Å². The lowest BCUT2D eigenvalue weighted by Gasteiger charge is -2.10. The number of aromatic nitrogens is 2. The van der Waals surface area contributed by atoms with Crippen LogP contribution in [0.2, 0.25) is 0 Å². The van der Waals surface area contributed by atoms with E-state index in [-0.39, 0.29) is 0 Å². The molecule has 1 aromatic heterocycles. The number of hydrogen-bond acceptors (Lipinski definition) is 3. The van der Waals surface area contributed by atoms with E-state index in [4.69, 9.17) is 10.5 Å². The van der Waals surface area contributed by atoms with E-state index in [0.717, 1.165) is 28.7 Å². The molecule has 0 atom stereocenters. The van der Waals surface area contributed by atoms with Gasteiger partial charge in [-0.1, -0.05) is 19.9 Å². The molecule has 0 bridgehead atoms. The van der Waals surface area contributed by atoms with Crippen molar-refractivity contribution in [2.45, 2.75) is 33.3 Å². The van der Waals surface area contributed by atoms with Crippen molar-refractivity contribution in [3.63, 3.8) is 0 Å². The van der Waals surface area contributed by atoms with E-state index in [1.807, 2.05) is 29.9 Å². The average Bonchev–Trinajstić information content (AvgIpc) is 2.72. The third kappa shape index (κ3) is 2.98. The highest BCUT2D eigenvalue weighted by atomic mass is 79.9. The molecule has 1 aromatic carbocycles. The molecular formula is C15H20BrN3O. The fourth-order valence-corrected chi connectivity index (χ4v) is 2.80. The van der Waals surface area contributed by atoms with Crippen LogP contribution in [0.5, 0.6) is 5.75 Å². The predicted molar refractivity (Wildman–Crippen MR) is 84.9 cm³/mol. The Labute approximate surface area is 128 Å². The predicted octanol–water partition coefficient (Wildman–Crippen LogP) is 3.47. The summed E-state index contributed by atoms with van der Waals surface area (Å²) < 4.78 is 8.69. The maximum absolute atomic E-state index is 6.01. The zero-order valence-corrected chi connectivity index (χ0v) is 13.7. The molecule has 4 nitrogen and oxygen atoms in total. The minimum Gasteiger partial charge on any atom is -0.485 e. The number of hydrogen-bond donors (Lipinski definition) is 1. The van der Waals surface area contributed by atoms with Gasteiger partial charge in [0.15, 0.2) is 0 Å². The standard InChI is InChI=1S/C15H20BrN3O/c1-4-10-6-7-14(11(17)8-10)20-9-13-15(16)12(5-2)18-19(13)3/h6-8H,4-5,9,17H2,1-3H3. The van der Waals surface area contributed by atoms with Gasteiger partial charge in [0.2, 0.25) is 0 Å². The number of nitrogens with zero attached hydrogens (tertiary/aromatic N) is 2. The summed E-state index contributed by atoms with van der Waals surface area (Å²) >= 11 is 3.58. The van der Waals surface area contributed by atoms with Crippen molar-refractivity contribution in [3.8, 4) is 5.75 Å². The highest BCUT2D eigenvalue weighted by Gasteiger charge is 2.13. The number of aryl methyl sites for hydroxylation is 3. The molecule has 1 heterocycles. The fraction of sp³-hybridized carbons (Fsp3) is 0.400. The SMILES string of the molecule is CCc1ccc(OCc2c(Br)c(CC)nn2C)c(N)c1. The fourth-order valence-electron chi connectivity index (χ4n) is 2.07. The Morgan fingerprint density at radius 3 is 2.60 bits per heavy atom. The van der Waals surface area contributed by atoms with E-state index in [9.17, 15) is 0 Å². The van der Waals surface area contributed by atoms with E-state index in [1.54, 1.807) is 0 Å². The van der Waals surface area contributed by atoms with Crippen LogP contribution in [0.1, 0.15) is 30.8 Å². The van der Waals surface area contributed by atoms with Gasteiger partial charge in [-0.2, -0.15) is 5.10 Å². The molecule has 2 aromatic rings. The van der Waals surface area contributed by atoms with Crippen LogP contribution in [0.25, 0.3) is 0 Å². The maximum Gasteiger partial charge on any atom is 0.142 e. The lowest BCUT2D eigenvalue weighted by atomic mass is 10.1. The topological polar surface area (TPSA) is 53.1 Å². The van der Waals surface area contributed by atoms with Gasteiger partial charge in [-0.15, -0.1) is 0 Å². The van der Waals surface area contributed by atoms with Crippen LogP contribution >= 0.6 is 15.9 Å². The summed E-state index contributed by atoms with van der Waals surface area (Å²) in [4.78, 5) is 0. The second-order valence-corrected chi connectivity index (χ2v) is 5.49. The van der Waals surface area contributed by atoms with E-state index < -0.39 is 0 Å². The van der Waals surface area contributed by atoms with Crippen molar-refractivity contribution in [2.75, 3.05) is 5.73 Å². The van der Waals surface area contributed by atoms with Crippen LogP contribution < -0.4 is 10.5 Å². The van der Waals surface area contributed by atoms with Crippen molar-refractivity contribution >= 4 is 21.6 Å². The number of halogens is 1. The molecule has 0 aliphatic rings. The summed E-state index contributed by atoms with van der Waals surface area (Å²) in [6.45, 7) is 4.63. The Balaban J connectivity index is 2.15. The molecule has 0 fully saturated rings. The largest absolute Gasteiger partial charge is 0.485 e. The van der Waals surface area contributed by atoms with Crippen LogP contribution in [0.4, 0.5) is 5.69 Å². The van der Waals surface area contributed by atoms with Gasteiger partial charge >= 0.3 is 0 Å². The van der Waals surface area contributed by atoms with E-state index in [0.29, 0.717) is 18.0 Å². The van der Waals surface area contributed by atoms with Gasteiger partial charge in [0.25, 0.3) is 0 Å². The van der Waals surface area contributed by atoms with Gasteiger partial charge in [-0.05, 0) is 46.5 Å². The van der Waals surface area contributed by atoms with Gasteiger partial charge in [0.1, 0.15) is 12.4 Å². The molecule has 0 saturated carbocycles. The van der Waals surface area contributed by atoms with Crippen molar-refractivity contribution in [1.82, 2.24) is 9.78 Å². The summed E-state index contributed by atoms with van der Waals surface area (Å²) in [6, 6.07) is 5.94. The molecule has 2 N–H and O–H groups in total. The van der Waals surface area contributed by atoms with Crippen molar-refractivity contribution in [2.24, 2.45) is 7.05 Å². The van der Waals surface area contributed by atoms with Crippen LogP contribution in [0.3, 0.4) is 0 Å². The van der Waals surface area contributed by atoms with E-state index >= 15 is 0 Å². The number of nitrogens with two attached hydrogens (primary N) is 1. The number of benzene rings is 1. The first-order valence-corrected chi connectivity index (χ1v) is 7.57. The second-order valence-electron chi connectivity index (χ2n) is 4.70. The first-order valence-electron chi connectivity index (χ1n) is 6.78. The lowest BCUT2D eigenvalue weighted by Crippen LogP contribution is -2.05. The Kier molecular flexibility index (Phi) is 4.70. The molecule has 20 heavy (non-hydrogen) atoms. The average molecular weight is 338 g/mol. The third-order valence-electron chi connectivity index (χ3n) is 3.35. The number of ether oxygens (including phenoxy) is 1. The molecular weight excluding hydrogens is 318 g/mol. The highest BCUT2D eigenvalue weighted by Crippen LogP contribution is 2.26. The first-order chi connectivity index (χ1) is 9.56. The van der Waals surface area contributed by atoms with Gasteiger partial charge in [0, 0.05) is 7.05 Å². The van der Waals surface area contributed by atoms with Crippen LogP contribution in [0, 0.1) is 0 Å². The van der Waals surface area contributed by atoms with Gasteiger partial charge in [-0.3, -0.25) is 4.68 Å². The van der Waals surface area contributed by atoms with Crippen molar-refractivity contribution < 1.29 is 4.74 Å². The summed E-state index contributed by atoms with van der Waals surface area (Å²) in [5.74, 6) is 0.716. The van der Waals surface area contributed by atoms with Crippen molar-refractivity contribution in [3.05, 3.63) is 39.6 Å². The third-order valence-corrected chi connectivity index (χ3v) is 4.27. The molecule has 5 heteroatoms. The van der Waals surface area contributed by atoms with Crippen LogP contribution in [-0.4, -0.2) is 9.78 Å². The summed E-state index contributed by atoms with van der Waals surface area (Å²) in [7, 11) is 1.92. The maximum atomic E-state index is 6.01. The molecule has 0 aliphatic heterocycles. The van der Waals surface area contributed by atoms with Gasteiger partial charge in [-0.25, -0.2) is 0 Å². The molecule has 0 aliphatic carbocycles. The normalized spacial score (nSPS) is 10.8. The molecule has 108 valence electrons. The smallest absolute Gasteiger partial charge is 0.142 e. The minimum atomic E-state index is 0.444. The van der Waals surface area contributed by atoms with Gasteiger partial charge < -0.3 is 10.5 Å². The number of rotatable bonds is 5. The zero-order valence-electron chi connectivity index (χ0n) is 12.1. The number of anilines is 1. The molecule has 0 spiro atoms. The van der Waals surface area contributed by atoms with E-state index in [2.05, 4.69) is 34.9 Å². The van der Waals surface area contributed by atoms with Crippen LogP contribution in [-0.2, 0) is 26.5 Å². The summed E-state index contributed by atoms with van der Waals surface area (Å²) in [6.07, 6.45) is 1.86. The van der Waals surface area contributed by atoms with Crippen molar-refractivity contribution in [1.29, 1.82) is 0 Å². The zero-order chi connectivity index (χ0) is 14.7. The molecule has 0 amide bonds.